The highest BCUT2D eigenvalue weighted by Crippen LogP contribution is 2.08. The van der Waals surface area contributed by atoms with Crippen LogP contribution in [0.4, 0.5) is 0 Å². The van der Waals surface area contributed by atoms with Crippen LogP contribution in [0.25, 0.3) is 0 Å². The van der Waals surface area contributed by atoms with Gasteiger partial charge in [0.15, 0.2) is 0 Å². The maximum absolute atomic E-state index is 4.34. The van der Waals surface area contributed by atoms with Crippen molar-refractivity contribution in [3.63, 3.8) is 0 Å². The molecule has 2 unspecified atom stereocenters. The van der Waals surface area contributed by atoms with Crippen LogP contribution in [0.1, 0.15) is 13.8 Å². The lowest BCUT2D eigenvalue weighted by atomic mass is 10.1. The molecule has 0 rings (SSSR count). The topological polar surface area (TPSA) is 3.24 Å². The highest BCUT2D eigenvalue weighted by molar-refractivity contribution is 7.80. The first-order valence-corrected chi connectivity index (χ1v) is 3.88. The van der Waals surface area contributed by atoms with Gasteiger partial charge in [-0.3, -0.25) is 0 Å². The van der Waals surface area contributed by atoms with E-state index in [0.29, 0.717) is 11.2 Å². The number of thiol groups is 1. The minimum Gasteiger partial charge on any atom is -0.309 e. The van der Waals surface area contributed by atoms with E-state index in [1.165, 1.54) is 0 Å². The average molecular weight is 147 g/mol. The molecular formula is C7H17NS. The highest BCUT2D eigenvalue weighted by atomic mass is 32.1. The molecule has 2 heteroatoms. The highest BCUT2D eigenvalue weighted by Gasteiger charge is 2.07. The first-order valence-electron chi connectivity index (χ1n) is 3.37. The summed E-state index contributed by atoms with van der Waals surface area (Å²) in [4.78, 5) is 2.19. The Balaban J connectivity index is 3.38. The third-order valence-electron chi connectivity index (χ3n) is 1.48. The summed E-state index contributed by atoms with van der Waals surface area (Å²) in [5.74, 6) is 0.684. The van der Waals surface area contributed by atoms with Crippen molar-refractivity contribution in [3.8, 4) is 0 Å². The fraction of sp³-hybridized carbons (Fsp3) is 1.00. The summed E-state index contributed by atoms with van der Waals surface area (Å²) in [6, 6.07) is 0. The van der Waals surface area contributed by atoms with E-state index in [0.717, 1.165) is 6.54 Å². The fourth-order valence-electron chi connectivity index (χ4n) is 0.729. The predicted octanol–water partition coefficient (Wildman–Crippen LogP) is 1.50. The predicted molar refractivity (Wildman–Crippen MR) is 46.2 cm³/mol. The summed E-state index contributed by atoms with van der Waals surface area (Å²) in [6.07, 6.45) is 0. The molecule has 0 aliphatic rings. The molecule has 0 aliphatic heterocycles. The molecule has 56 valence electrons. The normalized spacial score (nSPS) is 18.0. The standard InChI is InChI=1S/C7H17NS/c1-6(7(2)9)5-8(3)4/h6-7,9H,5H2,1-4H3. The zero-order valence-electron chi connectivity index (χ0n) is 6.76. The van der Waals surface area contributed by atoms with Gasteiger partial charge in [-0.05, 0) is 20.0 Å². The smallest absolute Gasteiger partial charge is 0.00262 e. The van der Waals surface area contributed by atoms with Gasteiger partial charge in [0.1, 0.15) is 0 Å². The van der Waals surface area contributed by atoms with Crippen molar-refractivity contribution in [3.05, 3.63) is 0 Å². The van der Waals surface area contributed by atoms with Crippen LogP contribution in [0.5, 0.6) is 0 Å². The van der Waals surface area contributed by atoms with Crippen molar-refractivity contribution >= 4 is 12.6 Å². The van der Waals surface area contributed by atoms with E-state index >= 15 is 0 Å². The summed E-state index contributed by atoms with van der Waals surface area (Å²) in [7, 11) is 4.18. The third-order valence-corrected chi connectivity index (χ3v) is 1.99. The van der Waals surface area contributed by atoms with Crippen LogP contribution in [0.3, 0.4) is 0 Å². The average Bonchev–Trinajstić information content (AvgIpc) is 1.63. The Morgan fingerprint density at radius 3 is 1.89 bits per heavy atom. The first kappa shape index (κ1) is 9.31. The van der Waals surface area contributed by atoms with Crippen LogP contribution in [-0.4, -0.2) is 30.8 Å². The maximum Gasteiger partial charge on any atom is 0.00262 e. The number of hydrogen-bond donors (Lipinski definition) is 1. The number of nitrogens with zero attached hydrogens (tertiary/aromatic N) is 1. The van der Waals surface area contributed by atoms with Crippen molar-refractivity contribution in [1.82, 2.24) is 4.90 Å². The Hall–Kier alpha value is 0.310. The van der Waals surface area contributed by atoms with Crippen LogP contribution < -0.4 is 0 Å². The minimum atomic E-state index is 0.507. The van der Waals surface area contributed by atoms with Gasteiger partial charge in [-0.15, -0.1) is 0 Å². The van der Waals surface area contributed by atoms with Crippen LogP contribution in [0.15, 0.2) is 0 Å². The lowest BCUT2D eigenvalue weighted by molar-refractivity contribution is 0.339. The number of hydrogen-bond acceptors (Lipinski definition) is 2. The molecule has 0 heterocycles. The Bertz CT molecular complexity index is 71.3. The van der Waals surface area contributed by atoms with E-state index in [4.69, 9.17) is 0 Å². The zero-order chi connectivity index (χ0) is 7.44. The molecule has 0 radical (unpaired) electrons. The molecule has 0 N–H and O–H groups in total. The van der Waals surface area contributed by atoms with E-state index in [9.17, 15) is 0 Å². The summed E-state index contributed by atoms with van der Waals surface area (Å²) in [6.45, 7) is 5.49. The molecule has 0 spiro atoms. The van der Waals surface area contributed by atoms with Gasteiger partial charge in [-0.25, -0.2) is 0 Å². The molecule has 0 saturated carbocycles. The van der Waals surface area contributed by atoms with Gasteiger partial charge < -0.3 is 4.90 Å². The van der Waals surface area contributed by atoms with Gasteiger partial charge in [0.05, 0.1) is 0 Å². The van der Waals surface area contributed by atoms with Gasteiger partial charge in [-0.2, -0.15) is 12.6 Å². The van der Waals surface area contributed by atoms with Crippen molar-refractivity contribution in [2.45, 2.75) is 19.1 Å². The lowest BCUT2D eigenvalue weighted by Gasteiger charge is -2.18. The van der Waals surface area contributed by atoms with E-state index in [1.54, 1.807) is 0 Å². The molecule has 0 fully saturated rings. The molecule has 0 amide bonds. The monoisotopic (exact) mass is 147 g/mol. The van der Waals surface area contributed by atoms with Crippen LogP contribution in [-0.2, 0) is 0 Å². The molecule has 0 aromatic carbocycles. The molecule has 0 bridgehead atoms. The van der Waals surface area contributed by atoms with Crippen LogP contribution >= 0.6 is 12.6 Å². The minimum absolute atomic E-state index is 0.507. The molecular weight excluding hydrogens is 130 g/mol. The Morgan fingerprint density at radius 2 is 1.78 bits per heavy atom. The Kier molecular flexibility index (Phi) is 4.32. The summed E-state index contributed by atoms with van der Waals surface area (Å²) >= 11 is 4.34. The quantitative estimate of drug-likeness (QED) is 0.592. The van der Waals surface area contributed by atoms with Crippen molar-refractivity contribution < 1.29 is 0 Å². The molecule has 0 aromatic rings. The van der Waals surface area contributed by atoms with Crippen LogP contribution in [0.2, 0.25) is 0 Å². The van der Waals surface area contributed by atoms with Crippen molar-refractivity contribution in [2.24, 2.45) is 5.92 Å². The van der Waals surface area contributed by atoms with Gasteiger partial charge in [0.2, 0.25) is 0 Å². The molecule has 0 saturated heterocycles. The van der Waals surface area contributed by atoms with Gasteiger partial charge >= 0.3 is 0 Å². The second kappa shape index (κ2) is 4.18. The molecule has 2 atom stereocenters. The Labute approximate surface area is 63.8 Å². The molecule has 1 nitrogen and oxygen atoms in total. The second-order valence-electron chi connectivity index (χ2n) is 2.98. The maximum atomic E-state index is 4.34. The lowest BCUT2D eigenvalue weighted by Crippen LogP contribution is -2.24. The summed E-state index contributed by atoms with van der Waals surface area (Å²) in [5.41, 5.74) is 0. The molecule has 0 aliphatic carbocycles. The van der Waals surface area contributed by atoms with Gasteiger partial charge in [0.25, 0.3) is 0 Å². The largest absolute Gasteiger partial charge is 0.309 e. The summed E-state index contributed by atoms with van der Waals surface area (Å²) in [5, 5.41) is 0.507. The van der Waals surface area contributed by atoms with E-state index in [-0.39, 0.29) is 0 Å². The van der Waals surface area contributed by atoms with E-state index in [1.807, 2.05) is 0 Å². The second-order valence-corrected chi connectivity index (χ2v) is 3.79. The first-order chi connectivity index (χ1) is 4.04. The molecule has 9 heavy (non-hydrogen) atoms. The summed E-state index contributed by atoms with van der Waals surface area (Å²) < 4.78 is 0. The third kappa shape index (κ3) is 4.79. The SMILES string of the molecule is CC(S)C(C)CN(C)C. The zero-order valence-corrected chi connectivity index (χ0v) is 7.65. The van der Waals surface area contributed by atoms with Crippen molar-refractivity contribution in [2.75, 3.05) is 20.6 Å². The number of rotatable bonds is 3. The molecule has 0 aromatic heterocycles. The van der Waals surface area contributed by atoms with E-state index in [2.05, 4.69) is 45.5 Å². The van der Waals surface area contributed by atoms with E-state index < -0.39 is 0 Å². The fourth-order valence-corrected chi connectivity index (χ4v) is 0.823. The van der Waals surface area contributed by atoms with Gasteiger partial charge in [-0.1, -0.05) is 13.8 Å². The van der Waals surface area contributed by atoms with Crippen molar-refractivity contribution in [1.29, 1.82) is 0 Å². The van der Waals surface area contributed by atoms with Crippen LogP contribution in [0, 0.1) is 5.92 Å². The Morgan fingerprint density at radius 1 is 1.33 bits per heavy atom. The van der Waals surface area contributed by atoms with Gasteiger partial charge in [0, 0.05) is 11.8 Å².